The van der Waals surface area contributed by atoms with Gasteiger partial charge < -0.3 is 0 Å². The van der Waals surface area contributed by atoms with Crippen molar-refractivity contribution in [3.8, 4) is 11.1 Å². The van der Waals surface area contributed by atoms with E-state index in [1.54, 1.807) is 0 Å². The van der Waals surface area contributed by atoms with E-state index >= 15 is 0 Å². The van der Waals surface area contributed by atoms with Gasteiger partial charge in [-0.25, -0.2) is 5.32 Å². The van der Waals surface area contributed by atoms with Crippen molar-refractivity contribution in [2.45, 2.75) is 63.7 Å². The van der Waals surface area contributed by atoms with Gasteiger partial charge in [0.15, 0.2) is 0 Å². The van der Waals surface area contributed by atoms with Gasteiger partial charge in [-0.05, 0) is 30.4 Å². The Labute approximate surface area is 140 Å². The maximum atomic E-state index is 4.99. The zero-order valence-electron chi connectivity index (χ0n) is 13.9. The number of benzene rings is 2. The molecule has 4 rings (SSSR count). The molecule has 1 radical (unpaired) electrons. The third-order valence-corrected chi connectivity index (χ3v) is 5.54. The normalized spacial score (nSPS) is 18.8. The van der Waals surface area contributed by atoms with Gasteiger partial charge in [-0.3, -0.25) is 0 Å². The smallest absolute Gasteiger partial charge is 0.0751 e. The predicted octanol–water partition coefficient (Wildman–Crippen LogP) is 6.84. The average molecular weight is 304 g/mol. The molecule has 23 heavy (non-hydrogen) atoms. The van der Waals surface area contributed by atoms with Crippen molar-refractivity contribution >= 4 is 11.4 Å². The Kier molecular flexibility index (Phi) is 4.37. The van der Waals surface area contributed by atoms with E-state index in [4.69, 9.17) is 5.32 Å². The summed E-state index contributed by atoms with van der Waals surface area (Å²) in [5, 5.41) is 4.99. The first-order valence-electron chi connectivity index (χ1n) is 9.37. The van der Waals surface area contributed by atoms with Gasteiger partial charge in [0.05, 0.1) is 11.4 Å². The fourth-order valence-corrected chi connectivity index (χ4v) is 4.27. The summed E-state index contributed by atoms with van der Waals surface area (Å²) in [6.45, 7) is 0. The zero-order chi connectivity index (χ0) is 15.5. The molecular weight excluding hydrogens is 278 g/mol. The first kappa shape index (κ1) is 14.8. The summed E-state index contributed by atoms with van der Waals surface area (Å²) in [6, 6.07) is 15.4. The van der Waals surface area contributed by atoms with Gasteiger partial charge in [0, 0.05) is 11.1 Å². The molecule has 1 saturated carbocycles. The van der Waals surface area contributed by atoms with E-state index in [9.17, 15) is 0 Å². The summed E-state index contributed by atoms with van der Waals surface area (Å²) in [7, 11) is 0. The minimum atomic E-state index is 0.695. The zero-order valence-corrected chi connectivity index (χ0v) is 13.9. The van der Waals surface area contributed by atoms with Crippen LogP contribution < -0.4 is 5.32 Å². The molecule has 0 amide bonds. The summed E-state index contributed by atoms with van der Waals surface area (Å²) in [4.78, 5) is 0. The third kappa shape index (κ3) is 3.02. The van der Waals surface area contributed by atoms with E-state index in [0.29, 0.717) is 5.92 Å². The lowest BCUT2D eigenvalue weighted by Crippen LogP contribution is -2.03. The van der Waals surface area contributed by atoms with Gasteiger partial charge in [-0.1, -0.05) is 81.3 Å². The van der Waals surface area contributed by atoms with E-state index < -0.39 is 0 Å². The lowest BCUT2D eigenvalue weighted by molar-refractivity contribution is 0.463. The molecule has 2 aromatic carbocycles. The SMILES string of the molecule is c1ccc2c(c1)[N]c1c-2cccc1C1CCCCCCCCC1. The largest absolute Gasteiger partial charge is 0.247 e. The molecule has 0 aromatic heterocycles. The number of hydrogen-bond acceptors (Lipinski definition) is 0. The molecule has 2 aliphatic rings. The third-order valence-electron chi connectivity index (χ3n) is 5.54. The van der Waals surface area contributed by atoms with Crippen molar-refractivity contribution in [3.05, 3.63) is 48.0 Å². The Bertz CT molecular complexity index is 663. The van der Waals surface area contributed by atoms with Gasteiger partial charge in [0.25, 0.3) is 0 Å². The number of fused-ring (bicyclic) bond motifs is 3. The Morgan fingerprint density at radius 2 is 1.30 bits per heavy atom. The topological polar surface area (TPSA) is 14.1 Å². The second kappa shape index (κ2) is 6.78. The van der Waals surface area contributed by atoms with Crippen LogP contribution >= 0.6 is 0 Å². The molecule has 0 N–H and O–H groups in total. The summed E-state index contributed by atoms with van der Waals surface area (Å²) in [5.74, 6) is 0.695. The Morgan fingerprint density at radius 3 is 2.09 bits per heavy atom. The van der Waals surface area contributed by atoms with E-state index in [0.717, 1.165) is 5.69 Å². The molecule has 1 aliphatic heterocycles. The number of hydrogen-bond donors (Lipinski definition) is 0. The molecule has 0 spiro atoms. The van der Waals surface area contributed by atoms with Gasteiger partial charge in [0.2, 0.25) is 0 Å². The van der Waals surface area contributed by atoms with Gasteiger partial charge in [0.1, 0.15) is 0 Å². The van der Waals surface area contributed by atoms with Crippen molar-refractivity contribution in [3.63, 3.8) is 0 Å². The van der Waals surface area contributed by atoms with Crippen LogP contribution in [0.15, 0.2) is 42.5 Å². The van der Waals surface area contributed by atoms with Crippen molar-refractivity contribution in [2.75, 3.05) is 0 Å². The molecule has 2 aromatic rings. The summed E-state index contributed by atoms with van der Waals surface area (Å²) < 4.78 is 0. The maximum absolute atomic E-state index is 4.99. The standard InChI is InChI=1S/C22H26N/c1-2-4-6-11-17(12-7-5-3-1)18-14-10-15-20-19-13-8-9-16-21(19)23-22(18)20/h8-10,13-17H,1-7,11-12H2. The van der Waals surface area contributed by atoms with Crippen LogP contribution in [0, 0.1) is 0 Å². The molecule has 1 aliphatic carbocycles. The quantitative estimate of drug-likeness (QED) is 0.467. The minimum Gasteiger partial charge on any atom is -0.247 e. The molecule has 1 fully saturated rings. The summed E-state index contributed by atoms with van der Waals surface area (Å²) in [5.41, 5.74) is 6.56. The van der Waals surface area contributed by atoms with Gasteiger partial charge >= 0.3 is 0 Å². The van der Waals surface area contributed by atoms with Crippen LogP contribution in [0.3, 0.4) is 0 Å². The van der Waals surface area contributed by atoms with Crippen molar-refractivity contribution in [2.24, 2.45) is 0 Å². The molecule has 0 atom stereocenters. The first-order valence-corrected chi connectivity index (χ1v) is 9.37. The maximum Gasteiger partial charge on any atom is 0.0751 e. The Morgan fingerprint density at radius 1 is 0.652 bits per heavy atom. The molecule has 0 bridgehead atoms. The summed E-state index contributed by atoms with van der Waals surface area (Å²) in [6.07, 6.45) is 12.5. The highest BCUT2D eigenvalue weighted by molar-refractivity contribution is 5.92. The lowest BCUT2D eigenvalue weighted by atomic mass is 9.85. The Hall–Kier alpha value is -1.76. The van der Waals surface area contributed by atoms with E-state index in [1.165, 1.54) is 80.2 Å². The minimum absolute atomic E-state index is 0.695. The number of nitrogens with zero attached hydrogens (tertiary/aromatic N) is 1. The Balaban J connectivity index is 1.64. The van der Waals surface area contributed by atoms with Gasteiger partial charge in [-0.15, -0.1) is 0 Å². The number of para-hydroxylation sites is 2. The van der Waals surface area contributed by atoms with Crippen LogP contribution in [-0.4, -0.2) is 0 Å². The predicted molar refractivity (Wildman–Crippen MR) is 97.6 cm³/mol. The van der Waals surface area contributed by atoms with Crippen molar-refractivity contribution < 1.29 is 0 Å². The van der Waals surface area contributed by atoms with Crippen molar-refractivity contribution in [1.29, 1.82) is 0 Å². The highest BCUT2D eigenvalue weighted by Gasteiger charge is 2.25. The fourth-order valence-electron chi connectivity index (χ4n) is 4.27. The first-order chi connectivity index (χ1) is 11.4. The monoisotopic (exact) mass is 304 g/mol. The van der Waals surface area contributed by atoms with Crippen LogP contribution in [-0.2, 0) is 0 Å². The molecule has 0 saturated heterocycles. The number of rotatable bonds is 1. The molecule has 0 unspecified atom stereocenters. The van der Waals surface area contributed by atoms with Crippen LogP contribution in [0.5, 0.6) is 0 Å². The van der Waals surface area contributed by atoms with E-state index in [1.807, 2.05) is 0 Å². The van der Waals surface area contributed by atoms with Crippen LogP contribution in [0.4, 0.5) is 11.4 Å². The molecule has 1 nitrogen and oxygen atoms in total. The summed E-state index contributed by atoms with van der Waals surface area (Å²) >= 11 is 0. The lowest BCUT2D eigenvalue weighted by Gasteiger charge is -2.21. The van der Waals surface area contributed by atoms with Crippen LogP contribution in [0.25, 0.3) is 11.1 Å². The highest BCUT2D eigenvalue weighted by Crippen LogP contribution is 2.47. The van der Waals surface area contributed by atoms with Gasteiger partial charge in [-0.2, -0.15) is 0 Å². The fraction of sp³-hybridized carbons (Fsp3) is 0.455. The molecule has 1 heteroatoms. The molecule has 1 heterocycles. The van der Waals surface area contributed by atoms with E-state index in [-0.39, 0.29) is 0 Å². The van der Waals surface area contributed by atoms with Crippen LogP contribution in [0.2, 0.25) is 0 Å². The molecular formula is C22H26N. The van der Waals surface area contributed by atoms with Crippen molar-refractivity contribution in [1.82, 2.24) is 5.32 Å². The van der Waals surface area contributed by atoms with Crippen LogP contribution in [0.1, 0.15) is 69.3 Å². The second-order valence-corrected chi connectivity index (χ2v) is 7.12. The second-order valence-electron chi connectivity index (χ2n) is 7.12. The van der Waals surface area contributed by atoms with E-state index in [2.05, 4.69) is 42.5 Å². The molecule has 119 valence electrons. The highest BCUT2D eigenvalue weighted by atomic mass is 14.9. The average Bonchev–Trinajstić information content (AvgIpc) is 2.98.